The molecular weight excluding hydrogens is 304 g/mol. The molecule has 3 aromatic rings. The van der Waals surface area contributed by atoms with E-state index in [1.807, 2.05) is 25.3 Å². The molecule has 0 unspecified atom stereocenters. The minimum Gasteiger partial charge on any atom is -0.355 e. The van der Waals surface area contributed by atoms with E-state index in [0.29, 0.717) is 12.5 Å². The molecule has 0 atom stereocenters. The molecule has 3 aromatic heterocycles. The predicted molar refractivity (Wildman–Crippen MR) is 91.2 cm³/mol. The van der Waals surface area contributed by atoms with Crippen molar-refractivity contribution in [1.82, 2.24) is 24.4 Å². The Morgan fingerprint density at radius 2 is 1.96 bits per heavy atom. The smallest absolute Gasteiger partial charge is 0.266 e. The summed E-state index contributed by atoms with van der Waals surface area (Å²) in [4.78, 5) is 18.4. The molecule has 0 saturated carbocycles. The van der Waals surface area contributed by atoms with Gasteiger partial charge in [0.1, 0.15) is 5.82 Å². The summed E-state index contributed by atoms with van der Waals surface area (Å²) in [6.07, 6.45) is 5.68. The number of fused-ring (bicyclic) bond motifs is 1. The second-order valence-electron chi connectivity index (χ2n) is 6.35. The lowest BCUT2D eigenvalue weighted by atomic mass is 9.97. The van der Waals surface area contributed by atoms with E-state index in [4.69, 9.17) is 0 Å². The Balaban J connectivity index is 1.42. The van der Waals surface area contributed by atoms with Crippen LogP contribution in [0.5, 0.6) is 0 Å². The molecule has 0 spiro atoms. The first-order valence-electron chi connectivity index (χ1n) is 8.29. The van der Waals surface area contributed by atoms with Crippen molar-refractivity contribution in [2.75, 3.05) is 18.0 Å². The van der Waals surface area contributed by atoms with Crippen LogP contribution in [0.25, 0.3) is 5.65 Å². The molecule has 1 saturated heterocycles. The van der Waals surface area contributed by atoms with Crippen LogP contribution in [0.4, 0.5) is 5.82 Å². The van der Waals surface area contributed by atoms with Crippen molar-refractivity contribution in [2.45, 2.75) is 26.3 Å². The van der Waals surface area contributed by atoms with Gasteiger partial charge >= 0.3 is 0 Å². The molecule has 0 amide bonds. The second-order valence-corrected chi connectivity index (χ2v) is 6.35. The van der Waals surface area contributed by atoms with E-state index in [1.54, 1.807) is 27.5 Å². The number of nitrogens with zero attached hydrogens (tertiary/aromatic N) is 6. The average molecular weight is 324 g/mol. The Morgan fingerprint density at radius 3 is 2.79 bits per heavy atom. The standard InChI is InChI=1S/C17H20N6O/c1-13-2-5-17(24)23(19-13)12-14-6-9-21(10-7-14)16-4-3-15-18-8-11-22(15)20-16/h2-5,8,11,14H,6-7,9-10,12H2,1H3. The number of anilines is 1. The van der Waals surface area contributed by atoms with Gasteiger partial charge in [0.2, 0.25) is 0 Å². The molecule has 0 aromatic carbocycles. The molecule has 0 aliphatic carbocycles. The molecular formula is C17H20N6O. The lowest BCUT2D eigenvalue weighted by Crippen LogP contribution is -2.37. The van der Waals surface area contributed by atoms with Crippen LogP contribution in [0.15, 0.2) is 41.5 Å². The van der Waals surface area contributed by atoms with E-state index in [-0.39, 0.29) is 5.56 Å². The van der Waals surface area contributed by atoms with Crippen molar-refractivity contribution in [3.8, 4) is 0 Å². The van der Waals surface area contributed by atoms with E-state index in [1.165, 1.54) is 0 Å². The highest BCUT2D eigenvalue weighted by atomic mass is 16.1. The molecule has 0 bridgehead atoms. The predicted octanol–water partition coefficient (Wildman–Crippen LogP) is 1.51. The first-order valence-corrected chi connectivity index (χ1v) is 8.29. The minimum absolute atomic E-state index is 0.0183. The summed E-state index contributed by atoms with van der Waals surface area (Å²) in [5.41, 5.74) is 1.72. The fourth-order valence-electron chi connectivity index (χ4n) is 3.24. The van der Waals surface area contributed by atoms with Gasteiger partial charge in [0.15, 0.2) is 5.65 Å². The van der Waals surface area contributed by atoms with E-state index < -0.39 is 0 Å². The van der Waals surface area contributed by atoms with E-state index in [0.717, 1.165) is 43.1 Å². The topological polar surface area (TPSA) is 68.3 Å². The number of hydrogen-bond acceptors (Lipinski definition) is 5. The number of aromatic nitrogens is 5. The minimum atomic E-state index is -0.0183. The molecule has 7 nitrogen and oxygen atoms in total. The third kappa shape index (κ3) is 2.89. The molecule has 1 fully saturated rings. The summed E-state index contributed by atoms with van der Waals surface area (Å²) in [6.45, 7) is 4.50. The van der Waals surface area contributed by atoms with Gasteiger partial charge in [-0.3, -0.25) is 4.79 Å². The zero-order chi connectivity index (χ0) is 16.5. The fraction of sp³-hybridized carbons (Fsp3) is 0.412. The van der Waals surface area contributed by atoms with Crippen molar-refractivity contribution in [2.24, 2.45) is 5.92 Å². The van der Waals surface area contributed by atoms with E-state index >= 15 is 0 Å². The molecule has 1 aliphatic heterocycles. The largest absolute Gasteiger partial charge is 0.355 e. The van der Waals surface area contributed by atoms with Crippen LogP contribution in [0.2, 0.25) is 0 Å². The van der Waals surface area contributed by atoms with Gasteiger partial charge in [0, 0.05) is 38.1 Å². The lowest BCUT2D eigenvalue weighted by Gasteiger charge is -2.32. The van der Waals surface area contributed by atoms with Crippen LogP contribution in [0, 0.1) is 12.8 Å². The molecule has 24 heavy (non-hydrogen) atoms. The summed E-state index contributed by atoms with van der Waals surface area (Å²) < 4.78 is 3.41. The van der Waals surface area contributed by atoms with Crippen molar-refractivity contribution in [1.29, 1.82) is 0 Å². The van der Waals surface area contributed by atoms with Crippen LogP contribution >= 0.6 is 0 Å². The van der Waals surface area contributed by atoms with Crippen LogP contribution in [-0.4, -0.2) is 37.5 Å². The van der Waals surface area contributed by atoms with Crippen molar-refractivity contribution >= 4 is 11.5 Å². The monoisotopic (exact) mass is 324 g/mol. The highest BCUT2D eigenvalue weighted by Crippen LogP contribution is 2.22. The van der Waals surface area contributed by atoms with Gasteiger partial charge in [0.25, 0.3) is 5.56 Å². The third-order valence-electron chi connectivity index (χ3n) is 4.61. The third-order valence-corrected chi connectivity index (χ3v) is 4.61. The van der Waals surface area contributed by atoms with Gasteiger partial charge in [-0.25, -0.2) is 14.2 Å². The Hall–Kier alpha value is -2.70. The van der Waals surface area contributed by atoms with Crippen LogP contribution in [-0.2, 0) is 6.54 Å². The van der Waals surface area contributed by atoms with E-state index in [2.05, 4.69) is 20.1 Å². The maximum absolute atomic E-state index is 11.9. The number of piperidine rings is 1. The Kier molecular flexibility index (Phi) is 3.76. The van der Waals surface area contributed by atoms with Gasteiger partial charge in [-0.05, 0) is 43.9 Å². The summed E-state index contributed by atoms with van der Waals surface area (Å²) in [5.74, 6) is 1.45. The molecule has 4 rings (SSSR count). The number of aryl methyl sites for hydroxylation is 1. The van der Waals surface area contributed by atoms with Crippen LogP contribution < -0.4 is 10.5 Å². The second kappa shape index (κ2) is 6.07. The zero-order valence-corrected chi connectivity index (χ0v) is 13.7. The van der Waals surface area contributed by atoms with Crippen molar-refractivity contribution in [3.05, 3.63) is 52.7 Å². The van der Waals surface area contributed by atoms with Crippen molar-refractivity contribution in [3.63, 3.8) is 0 Å². The van der Waals surface area contributed by atoms with Crippen LogP contribution in [0.3, 0.4) is 0 Å². The molecule has 4 heterocycles. The number of rotatable bonds is 3. The summed E-state index contributed by atoms with van der Waals surface area (Å²) in [5, 5.41) is 8.95. The fourth-order valence-corrected chi connectivity index (χ4v) is 3.24. The first-order chi connectivity index (χ1) is 11.7. The van der Waals surface area contributed by atoms with Gasteiger partial charge < -0.3 is 4.90 Å². The first kappa shape index (κ1) is 14.9. The highest BCUT2D eigenvalue weighted by molar-refractivity contribution is 5.45. The van der Waals surface area contributed by atoms with E-state index in [9.17, 15) is 4.79 Å². The maximum atomic E-state index is 11.9. The molecule has 7 heteroatoms. The SMILES string of the molecule is Cc1ccc(=O)n(CC2CCN(c3ccc4nccn4n3)CC2)n1. The van der Waals surface area contributed by atoms with Crippen molar-refractivity contribution < 1.29 is 0 Å². The lowest BCUT2D eigenvalue weighted by molar-refractivity contribution is 0.333. The van der Waals surface area contributed by atoms with Gasteiger partial charge in [-0.15, -0.1) is 5.10 Å². The zero-order valence-electron chi connectivity index (χ0n) is 13.7. The average Bonchev–Trinajstić information content (AvgIpc) is 3.06. The van der Waals surface area contributed by atoms with Crippen LogP contribution in [0.1, 0.15) is 18.5 Å². The maximum Gasteiger partial charge on any atom is 0.266 e. The van der Waals surface area contributed by atoms with Gasteiger partial charge in [0.05, 0.1) is 5.69 Å². The Morgan fingerprint density at radius 1 is 1.12 bits per heavy atom. The van der Waals surface area contributed by atoms with Gasteiger partial charge in [-0.2, -0.15) is 5.10 Å². The summed E-state index contributed by atoms with van der Waals surface area (Å²) >= 11 is 0. The number of imidazole rings is 1. The quantitative estimate of drug-likeness (QED) is 0.730. The summed E-state index contributed by atoms with van der Waals surface area (Å²) in [7, 11) is 0. The normalized spacial score (nSPS) is 16.0. The molecule has 0 N–H and O–H groups in total. The Bertz CT molecular complexity index is 907. The van der Waals surface area contributed by atoms with Gasteiger partial charge in [-0.1, -0.05) is 0 Å². The highest BCUT2D eigenvalue weighted by Gasteiger charge is 2.21. The molecule has 1 aliphatic rings. The molecule has 0 radical (unpaired) electrons. The summed E-state index contributed by atoms with van der Waals surface area (Å²) in [6, 6.07) is 7.38. The Labute approximate surface area is 139 Å². The number of hydrogen-bond donors (Lipinski definition) is 0. The molecule has 124 valence electrons.